The molecule has 0 fully saturated rings. The van der Waals surface area contributed by atoms with E-state index in [9.17, 15) is 0 Å². The Balaban J connectivity index is 2.78. The maximum Gasteiger partial charge on any atom is 0.0596 e. The summed E-state index contributed by atoms with van der Waals surface area (Å²) in [6.45, 7) is 6.49. The lowest BCUT2D eigenvalue weighted by atomic mass is 9.83. The van der Waals surface area contributed by atoms with E-state index in [1.54, 1.807) is 0 Å². The van der Waals surface area contributed by atoms with Crippen molar-refractivity contribution in [2.45, 2.75) is 40.0 Å². The van der Waals surface area contributed by atoms with Gasteiger partial charge in [-0.2, -0.15) is 5.10 Å². The number of aromatic nitrogens is 2. The van der Waals surface area contributed by atoms with Crippen LogP contribution in [0.25, 0.3) is 0 Å². The van der Waals surface area contributed by atoms with Crippen molar-refractivity contribution in [1.29, 1.82) is 0 Å². The number of alkyl halides is 1. The molecule has 86 valence electrons. The number of hydrogen-bond donors (Lipinski definition) is 0. The molecule has 0 amide bonds. The topological polar surface area (TPSA) is 17.8 Å². The molecule has 1 heterocycles. The number of halogens is 1. The zero-order valence-corrected chi connectivity index (χ0v) is 10.9. The summed E-state index contributed by atoms with van der Waals surface area (Å²) in [7, 11) is 2.00. The monoisotopic (exact) mass is 228 g/mol. The molecule has 0 aliphatic carbocycles. The Kier molecular flexibility index (Phi) is 4.21. The van der Waals surface area contributed by atoms with Crippen LogP contribution in [0.5, 0.6) is 0 Å². The van der Waals surface area contributed by atoms with E-state index in [0.717, 1.165) is 12.1 Å². The first-order chi connectivity index (χ1) is 7.00. The van der Waals surface area contributed by atoms with Crippen molar-refractivity contribution >= 4 is 11.6 Å². The first kappa shape index (κ1) is 12.6. The van der Waals surface area contributed by atoms with Crippen LogP contribution in [0.4, 0.5) is 0 Å². The van der Waals surface area contributed by atoms with Crippen LogP contribution in [-0.4, -0.2) is 15.7 Å². The summed E-state index contributed by atoms with van der Waals surface area (Å²) in [6, 6.07) is 2.15. The van der Waals surface area contributed by atoms with Crippen molar-refractivity contribution in [3.05, 3.63) is 17.5 Å². The van der Waals surface area contributed by atoms with Gasteiger partial charge in [-0.3, -0.25) is 4.68 Å². The van der Waals surface area contributed by atoms with Crippen LogP contribution < -0.4 is 0 Å². The molecule has 3 heteroatoms. The smallest absolute Gasteiger partial charge is 0.0596 e. The normalized spacial score (nSPS) is 15.3. The van der Waals surface area contributed by atoms with Gasteiger partial charge in [0.05, 0.1) is 5.69 Å². The maximum absolute atomic E-state index is 6.07. The van der Waals surface area contributed by atoms with E-state index >= 15 is 0 Å². The van der Waals surface area contributed by atoms with E-state index < -0.39 is 0 Å². The minimum absolute atomic E-state index is 0.205. The molecule has 1 aromatic rings. The van der Waals surface area contributed by atoms with Crippen molar-refractivity contribution < 1.29 is 0 Å². The average molecular weight is 229 g/mol. The van der Waals surface area contributed by atoms with Crippen molar-refractivity contribution in [3.8, 4) is 0 Å². The third kappa shape index (κ3) is 3.23. The molecule has 2 nitrogen and oxygen atoms in total. The van der Waals surface area contributed by atoms with Gasteiger partial charge in [-0.05, 0) is 31.2 Å². The molecule has 0 saturated heterocycles. The second-order valence-electron chi connectivity index (χ2n) is 4.77. The SMILES string of the molecule is CCCC(C)(CCl)Cc1cc(C)nn1C. The molecule has 15 heavy (non-hydrogen) atoms. The molecular formula is C12H21ClN2. The average Bonchev–Trinajstić information content (AvgIpc) is 2.45. The highest BCUT2D eigenvalue weighted by molar-refractivity contribution is 6.18. The van der Waals surface area contributed by atoms with Crippen LogP contribution in [0.1, 0.15) is 38.1 Å². The van der Waals surface area contributed by atoms with Gasteiger partial charge in [-0.25, -0.2) is 0 Å². The summed E-state index contributed by atoms with van der Waals surface area (Å²) >= 11 is 6.07. The molecule has 0 aromatic carbocycles. The number of hydrogen-bond acceptors (Lipinski definition) is 1. The zero-order chi connectivity index (χ0) is 11.5. The van der Waals surface area contributed by atoms with Crippen LogP contribution in [0.3, 0.4) is 0 Å². The molecule has 0 aliphatic heterocycles. The highest BCUT2D eigenvalue weighted by Crippen LogP contribution is 2.29. The summed E-state index contributed by atoms with van der Waals surface area (Å²) < 4.78 is 1.97. The summed E-state index contributed by atoms with van der Waals surface area (Å²) in [4.78, 5) is 0. The third-order valence-corrected chi connectivity index (χ3v) is 3.53. The number of nitrogens with zero attached hydrogens (tertiary/aromatic N) is 2. The highest BCUT2D eigenvalue weighted by Gasteiger charge is 2.24. The molecule has 0 saturated carbocycles. The van der Waals surface area contributed by atoms with Crippen molar-refractivity contribution in [3.63, 3.8) is 0 Å². The lowest BCUT2D eigenvalue weighted by Crippen LogP contribution is -2.23. The van der Waals surface area contributed by atoms with Gasteiger partial charge in [-0.15, -0.1) is 11.6 Å². The Morgan fingerprint density at radius 2 is 2.20 bits per heavy atom. The maximum atomic E-state index is 6.07. The number of aryl methyl sites for hydroxylation is 2. The van der Waals surface area contributed by atoms with Crippen LogP contribution in [0.2, 0.25) is 0 Å². The lowest BCUT2D eigenvalue weighted by Gasteiger charge is -2.26. The van der Waals surface area contributed by atoms with Crippen molar-refractivity contribution in [1.82, 2.24) is 9.78 Å². The molecule has 1 rings (SSSR count). The van der Waals surface area contributed by atoms with Gasteiger partial charge in [-0.1, -0.05) is 20.3 Å². The van der Waals surface area contributed by atoms with Crippen LogP contribution in [0.15, 0.2) is 6.07 Å². The van der Waals surface area contributed by atoms with E-state index in [-0.39, 0.29) is 5.41 Å². The predicted molar refractivity (Wildman–Crippen MR) is 65.4 cm³/mol. The molecule has 0 aliphatic rings. The van der Waals surface area contributed by atoms with E-state index in [0.29, 0.717) is 5.88 Å². The quantitative estimate of drug-likeness (QED) is 0.707. The van der Waals surface area contributed by atoms with Gasteiger partial charge >= 0.3 is 0 Å². The fraction of sp³-hybridized carbons (Fsp3) is 0.750. The Hall–Kier alpha value is -0.500. The Morgan fingerprint density at radius 3 is 2.60 bits per heavy atom. The second-order valence-corrected chi connectivity index (χ2v) is 5.04. The minimum Gasteiger partial charge on any atom is -0.272 e. The molecule has 1 atom stereocenters. The van der Waals surface area contributed by atoms with Crippen LogP contribution >= 0.6 is 11.6 Å². The molecule has 1 aromatic heterocycles. The Labute approximate surface area is 97.6 Å². The van der Waals surface area contributed by atoms with Crippen LogP contribution in [0, 0.1) is 12.3 Å². The second kappa shape index (κ2) is 5.02. The molecule has 0 bridgehead atoms. The molecule has 0 spiro atoms. The molecule has 0 N–H and O–H groups in total. The first-order valence-corrected chi connectivity index (χ1v) is 6.09. The zero-order valence-electron chi connectivity index (χ0n) is 10.2. The summed E-state index contributed by atoms with van der Waals surface area (Å²) in [5.41, 5.74) is 2.57. The summed E-state index contributed by atoms with van der Waals surface area (Å²) in [6.07, 6.45) is 3.36. The lowest BCUT2D eigenvalue weighted by molar-refractivity contribution is 0.326. The fourth-order valence-corrected chi connectivity index (χ4v) is 2.30. The Bertz CT molecular complexity index is 319. The van der Waals surface area contributed by atoms with Gasteiger partial charge < -0.3 is 0 Å². The fourth-order valence-electron chi connectivity index (χ4n) is 2.07. The van der Waals surface area contributed by atoms with Crippen molar-refractivity contribution in [2.75, 3.05) is 5.88 Å². The molecular weight excluding hydrogens is 208 g/mol. The largest absolute Gasteiger partial charge is 0.272 e. The van der Waals surface area contributed by atoms with E-state index in [1.165, 1.54) is 18.5 Å². The van der Waals surface area contributed by atoms with Gasteiger partial charge in [0.25, 0.3) is 0 Å². The Morgan fingerprint density at radius 1 is 1.53 bits per heavy atom. The van der Waals surface area contributed by atoms with Gasteiger partial charge in [0.2, 0.25) is 0 Å². The van der Waals surface area contributed by atoms with Gasteiger partial charge in [0, 0.05) is 18.6 Å². The third-order valence-electron chi connectivity index (χ3n) is 2.88. The summed E-state index contributed by atoms with van der Waals surface area (Å²) in [5, 5.41) is 4.36. The number of rotatable bonds is 5. The van der Waals surface area contributed by atoms with E-state index in [1.807, 2.05) is 18.7 Å². The van der Waals surface area contributed by atoms with Gasteiger partial charge in [0.1, 0.15) is 0 Å². The standard InChI is InChI=1S/C12H21ClN2/c1-5-6-12(3,9-13)8-11-7-10(2)14-15(11)4/h7H,5-6,8-9H2,1-4H3. The van der Waals surface area contributed by atoms with E-state index in [4.69, 9.17) is 11.6 Å². The predicted octanol–water partition coefficient (Wildman–Crippen LogP) is 3.32. The summed E-state index contributed by atoms with van der Waals surface area (Å²) in [5.74, 6) is 0.713. The highest BCUT2D eigenvalue weighted by atomic mass is 35.5. The van der Waals surface area contributed by atoms with E-state index in [2.05, 4.69) is 25.0 Å². The first-order valence-electron chi connectivity index (χ1n) is 5.56. The van der Waals surface area contributed by atoms with Crippen molar-refractivity contribution in [2.24, 2.45) is 12.5 Å². The molecule has 1 unspecified atom stereocenters. The minimum atomic E-state index is 0.205. The molecule has 0 radical (unpaired) electrons. The van der Waals surface area contributed by atoms with Gasteiger partial charge in [0.15, 0.2) is 0 Å². The van der Waals surface area contributed by atoms with Crippen LogP contribution in [-0.2, 0) is 13.5 Å².